The van der Waals surface area contributed by atoms with Gasteiger partial charge in [-0.2, -0.15) is 21.9 Å². The summed E-state index contributed by atoms with van der Waals surface area (Å²) in [5.41, 5.74) is 0. The lowest BCUT2D eigenvalue weighted by Gasteiger charge is -2.21. The number of carbonyl (C=O) groups is 2. The molecule has 2 amide bonds. The van der Waals surface area contributed by atoms with Gasteiger partial charge in [0.05, 0.1) is 12.1 Å². The first kappa shape index (κ1) is 13.4. The van der Waals surface area contributed by atoms with E-state index in [4.69, 9.17) is 5.11 Å². The summed E-state index contributed by atoms with van der Waals surface area (Å²) < 4.78 is 0. The maximum absolute atomic E-state index is 11.3. The maximum Gasteiger partial charge on any atom is 0.368 e. The highest BCUT2D eigenvalue weighted by molar-refractivity contribution is 8.00. The molecule has 0 spiro atoms. The molecule has 0 bridgehead atoms. The predicted molar refractivity (Wildman–Crippen MR) is 62.6 cm³/mol. The quantitative estimate of drug-likeness (QED) is 0.393. The topological polar surface area (TPSA) is 101 Å². The molecule has 2 aliphatic rings. The Morgan fingerprint density at radius 1 is 1.33 bits per heavy atom. The van der Waals surface area contributed by atoms with Crippen molar-refractivity contribution >= 4 is 23.8 Å². The van der Waals surface area contributed by atoms with E-state index in [2.05, 4.69) is 0 Å². The standard InChI is InChI=1S/C10H16N2O5S/c13-8(14)4-2-1-3-7-9-6(5-18-7)11(16)10(15)12(9)17/h6-7,9,16-17H,1-5H2,(H,13,14)/t6-,7-,9-/m1/s1. The summed E-state index contributed by atoms with van der Waals surface area (Å²) in [6.07, 6.45) is 2.20. The van der Waals surface area contributed by atoms with Crippen LogP contribution in [0.4, 0.5) is 4.79 Å². The molecule has 102 valence electrons. The average Bonchev–Trinajstić information content (AvgIpc) is 2.82. The van der Waals surface area contributed by atoms with E-state index in [9.17, 15) is 20.0 Å². The Labute approximate surface area is 108 Å². The zero-order valence-electron chi connectivity index (χ0n) is 9.73. The van der Waals surface area contributed by atoms with Gasteiger partial charge in [0.1, 0.15) is 0 Å². The zero-order chi connectivity index (χ0) is 13.3. The fourth-order valence-corrected chi connectivity index (χ4v) is 4.06. The number of thioether (sulfide) groups is 1. The van der Waals surface area contributed by atoms with Crippen LogP contribution < -0.4 is 0 Å². The molecule has 0 radical (unpaired) electrons. The van der Waals surface area contributed by atoms with Crippen LogP contribution in [-0.2, 0) is 4.79 Å². The molecular formula is C10H16N2O5S. The number of carboxylic acid groups (broad SMARTS) is 1. The second-order valence-corrected chi connectivity index (χ2v) is 5.81. The highest BCUT2D eigenvalue weighted by Crippen LogP contribution is 2.39. The molecule has 8 heteroatoms. The van der Waals surface area contributed by atoms with E-state index in [0.29, 0.717) is 22.3 Å². The van der Waals surface area contributed by atoms with Gasteiger partial charge in [-0.25, -0.2) is 4.79 Å². The summed E-state index contributed by atoms with van der Waals surface area (Å²) in [6.45, 7) is 0. The predicted octanol–water partition coefficient (Wildman–Crippen LogP) is 1.00. The summed E-state index contributed by atoms with van der Waals surface area (Å²) in [4.78, 5) is 21.7. The number of hydrogen-bond acceptors (Lipinski definition) is 5. The molecule has 0 aromatic heterocycles. The summed E-state index contributed by atoms with van der Waals surface area (Å²) in [7, 11) is 0. The number of nitrogens with zero attached hydrogens (tertiary/aromatic N) is 2. The molecule has 0 aliphatic carbocycles. The number of carbonyl (C=O) groups excluding carboxylic acids is 1. The second kappa shape index (κ2) is 5.33. The number of urea groups is 1. The first-order chi connectivity index (χ1) is 8.52. The van der Waals surface area contributed by atoms with E-state index in [-0.39, 0.29) is 17.7 Å². The molecule has 7 nitrogen and oxygen atoms in total. The van der Waals surface area contributed by atoms with Crippen molar-refractivity contribution in [1.82, 2.24) is 10.1 Å². The van der Waals surface area contributed by atoms with E-state index >= 15 is 0 Å². The Kier molecular flexibility index (Phi) is 3.98. The highest BCUT2D eigenvalue weighted by Gasteiger charge is 2.53. The molecular weight excluding hydrogens is 260 g/mol. The van der Waals surface area contributed by atoms with Crippen molar-refractivity contribution in [3.63, 3.8) is 0 Å². The van der Waals surface area contributed by atoms with Crippen molar-refractivity contribution in [2.75, 3.05) is 5.75 Å². The highest BCUT2D eigenvalue weighted by atomic mass is 32.2. The van der Waals surface area contributed by atoms with Gasteiger partial charge in [-0.05, 0) is 12.8 Å². The minimum atomic E-state index is -0.812. The first-order valence-corrected chi connectivity index (χ1v) is 6.91. The van der Waals surface area contributed by atoms with Crippen LogP contribution in [0.2, 0.25) is 0 Å². The van der Waals surface area contributed by atoms with Gasteiger partial charge in [-0.15, -0.1) is 0 Å². The summed E-state index contributed by atoms with van der Waals surface area (Å²) in [5.74, 6) is -0.221. The fourth-order valence-electron chi connectivity index (χ4n) is 2.45. The van der Waals surface area contributed by atoms with E-state index in [1.807, 2.05) is 0 Å². The van der Waals surface area contributed by atoms with Crippen molar-refractivity contribution in [1.29, 1.82) is 0 Å². The molecule has 0 aromatic carbocycles. The third-order valence-corrected chi connectivity index (χ3v) is 4.85. The molecule has 2 saturated heterocycles. The molecule has 2 aliphatic heterocycles. The largest absolute Gasteiger partial charge is 0.481 e. The number of aliphatic carboxylic acids is 1. The fraction of sp³-hybridized carbons (Fsp3) is 0.800. The van der Waals surface area contributed by atoms with Gasteiger partial charge in [0.15, 0.2) is 0 Å². The number of hydrogen-bond donors (Lipinski definition) is 3. The normalized spacial score (nSPS) is 31.0. The van der Waals surface area contributed by atoms with Crippen molar-refractivity contribution in [3.8, 4) is 0 Å². The van der Waals surface area contributed by atoms with Crippen LogP contribution in [0.5, 0.6) is 0 Å². The van der Waals surface area contributed by atoms with Crippen LogP contribution in [-0.4, -0.2) is 60.7 Å². The lowest BCUT2D eigenvalue weighted by molar-refractivity contribution is -0.137. The Balaban J connectivity index is 1.84. The Morgan fingerprint density at radius 3 is 2.72 bits per heavy atom. The second-order valence-electron chi connectivity index (χ2n) is 4.54. The maximum atomic E-state index is 11.3. The van der Waals surface area contributed by atoms with Gasteiger partial charge in [0.25, 0.3) is 0 Å². The minimum absolute atomic E-state index is 0.0508. The lowest BCUT2D eigenvalue weighted by Crippen LogP contribution is -2.38. The number of hydroxylamine groups is 4. The number of fused-ring (bicyclic) bond motifs is 1. The van der Waals surface area contributed by atoms with E-state index in [1.165, 1.54) is 0 Å². The van der Waals surface area contributed by atoms with Crippen LogP contribution >= 0.6 is 11.8 Å². The van der Waals surface area contributed by atoms with Gasteiger partial charge in [0.2, 0.25) is 0 Å². The molecule has 0 aromatic rings. The van der Waals surface area contributed by atoms with Gasteiger partial charge in [0, 0.05) is 17.4 Å². The van der Waals surface area contributed by atoms with Gasteiger partial charge >= 0.3 is 12.0 Å². The zero-order valence-corrected chi connectivity index (χ0v) is 10.5. The number of amides is 2. The average molecular weight is 276 g/mol. The van der Waals surface area contributed by atoms with Crippen molar-refractivity contribution in [2.24, 2.45) is 0 Å². The molecule has 2 fully saturated rings. The Bertz CT molecular complexity index is 353. The summed E-state index contributed by atoms with van der Waals surface area (Å²) in [5, 5.41) is 28.9. The Hall–Kier alpha value is -0.990. The number of unbranched alkanes of at least 4 members (excludes halogenated alkanes) is 1. The lowest BCUT2D eigenvalue weighted by atomic mass is 10.0. The third-order valence-electron chi connectivity index (χ3n) is 3.37. The van der Waals surface area contributed by atoms with Gasteiger partial charge in [-0.1, -0.05) is 6.42 Å². The molecule has 0 unspecified atom stereocenters. The van der Waals surface area contributed by atoms with Gasteiger partial charge in [-0.3, -0.25) is 15.2 Å². The monoisotopic (exact) mass is 276 g/mol. The first-order valence-electron chi connectivity index (χ1n) is 5.86. The summed E-state index contributed by atoms with van der Waals surface area (Å²) in [6, 6.07) is -1.53. The number of rotatable bonds is 5. The minimum Gasteiger partial charge on any atom is -0.481 e. The van der Waals surface area contributed by atoms with Crippen LogP contribution in [0.15, 0.2) is 0 Å². The SMILES string of the molecule is O=C(O)CCCC[C@H]1SC[C@@H]2[C@H]1N(O)C(=O)N2O. The molecule has 3 atom stereocenters. The van der Waals surface area contributed by atoms with Crippen LogP contribution in [0, 0.1) is 0 Å². The van der Waals surface area contributed by atoms with Crippen molar-refractivity contribution in [2.45, 2.75) is 43.0 Å². The molecule has 2 rings (SSSR count). The van der Waals surface area contributed by atoms with Crippen molar-refractivity contribution in [3.05, 3.63) is 0 Å². The van der Waals surface area contributed by atoms with Crippen LogP contribution in [0.3, 0.4) is 0 Å². The summed E-state index contributed by atoms with van der Waals surface area (Å²) >= 11 is 1.60. The molecule has 0 saturated carbocycles. The van der Waals surface area contributed by atoms with E-state index in [1.54, 1.807) is 11.8 Å². The number of carboxylic acids is 1. The smallest absolute Gasteiger partial charge is 0.368 e. The van der Waals surface area contributed by atoms with Crippen LogP contribution in [0.1, 0.15) is 25.7 Å². The third kappa shape index (κ3) is 2.40. The van der Waals surface area contributed by atoms with Gasteiger partial charge < -0.3 is 5.11 Å². The molecule has 2 heterocycles. The van der Waals surface area contributed by atoms with E-state index in [0.717, 1.165) is 12.8 Å². The Morgan fingerprint density at radius 2 is 2.06 bits per heavy atom. The molecule has 3 N–H and O–H groups in total. The van der Waals surface area contributed by atoms with E-state index < -0.39 is 18.0 Å². The van der Waals surface area contributed by atoms with Crippen molar-refractivity contribution < 1.29 is 25.1 Å². The molecule has 18 heavy (non-hydrogen) atoms. The van der Waals surface area contributed by atoms with Crippen LogP contribution in [0.25, 0.3) is 0 Å².